The number of hydrogen-bond acceptors (Lipinski definition) is 4. The molecule has 5 nitrogen and oxygen atoms in total. The summed E-state index contributed by atoms with van der Waals surface area (Å²) in [4.78, 5) is 23.2. The molecule has 2 N–H and O–H groups in total. The normalized spacial score (nSPS) is 10.2. The molecule has 120 valence electrons. The Hall–Kier alpha value is -2.66. The van der Waals surface area contributed by atoms with Gasteiger partial charge in [-0.2, -0.15) is 0 Å². The van der Waals surface area contributed by atoms with Crippen LogP contribution in [-0.4, -0.2) is 25.5 Å². The topological polar surface area (TPSA) is 67.4 Å². The molecule has 0 saturated heterocycles. The quantitative estimate of drug-likeness (QED) is 0.804. The van der Waals surface area contributed by atoms with Crippen molar-refractivity contribution in [3.8, 4) is 0 Å². The highest BCUT2D eigenvalue weighted by Gasteiger charge is 2.06. The van der Waals surface area contributed by atoms with Crippen molar-refractivity contribution in [2.75, 3.05) is 19.0 Å². The number of aryl methyl sites for hydroxylation is 1. The van der Waals surface area contributed by atoms with Crippen LogP contribution in [0.3, 0.4) is 0 Å². The Balaban J connectivity index is 1.79. The van der Waals surface area contributed by atoms with E-state index in [0.717, 1.165) is 5.56 Å². The summed E-state index contributed by atoms with van der Waals surface area (Å²) in [5, 5.41) is 5.87. The van der Waals surface area contributed by atoms with Crippen molar-refractivity contribution in [3.05, 3.63) is 65.2 Å². The van der Waals surface area contributed by atoms with E-state index >= 15 is 0 Å². The van der Waals surface area contributed by atoms with Gasteiger partial charge < -0.3 is 15.4 Å². The molecule has 0 radical (unpaired) electrons. The number of esters is 1. The van der Waals surface area contributed by atoms with Gasteiger partial charge in [0.25, 0.3) is 0 Å². The number of methoxy groups -OCH3 is 1. The Morgan fingerprint density at radius 2 is 1.83 bits per heavy atom. The Morgan fingerprint density at radius 1 is 1.09 bits per heavy atom. The number of anilines is 1. The maximum atomic E-state index is 11.9. The van der Waals surface area contributed by atoms with Crippen LogP contribution >= 0.6 is 0 Å². The smallest absolute Gasteiger partial charge is 0.337 e. The molecule has 0 aliphatic carbocycles. The minimum atomic E-state index is -0.400. The summed E-state index contributed by atoms with van der Waals surface area (Å²) >= 11 is 0. The van der Waals surface area contributed by atoms with Crippen LogP contribution in [0.25, 0.3) is 0 Å². The fourth-order valence-corrected chi connectivity index (χ4v) is 2.16. The lowest BCUT2D eigenvalue weighted by Gasteiger charge is -2.08. The van der Waals surface area contributed by atoms with Crippen LogP contribution in [-0.2, 0) is 16.1 Å². The molecule has 5 heteroatoms. The number of carbonyl (C=O) groups excluding carboxylic acids is 2. The molecule has 2 rings (SSSR count). The van der Waals surface area contributed by atoms with E-state index in [4.69, 9.17) is 0 Å². The molecular weight excluding hydrogens is 292 g/mol. The van der Waals surface area contributed by atoms with Crippen molar-refractivity contribution >= 4 is 17.6 Å². The van der Waals surface area contributed by atoms with Crippen molar-refractivity contribution < 1.29 is 14.3 Å². The van der Waals surface area contributed by atoms with E-state index in [0.29, 0.717) is 17.8 Å². The van der Waals surface area contributed by atoms with Crippen molar-refractivity contribution in [1.82, 2.24) is 5.32 Å². The van der Waals surface area contributed by atoms with Gasteiger partial charge in [-0.15, -0.1) is 0 Å². The zero-order valence-electron chi connectivity index (χ0n) is 13.3. The van der Waals surface area contributed by atoms with Gasteiger partial charge in [-0.05, 0) is 36.8 Å². The Labute approximate surface area is 135 Å². The highest BCUT2D eigenvalue weighted by atomic mass is 16.5. The molecule has 0 spiro atoms. The van der Waals surface area contributed by atoms with Gasteiger partial charge >= 0.3 is 5.97 Å². The van der Waals surface area contributed by atoms with Gasteiger partial charge in [0, 0.05) is 12.2 Å². The van der Waals surface area contributed by atoms with E-state index in [-0.39, 0.29) is 12.5 Å². The van der Waals surface area contributed by atoms with E-state index in [2.05, 4.69) is 21.4 Å². The first-order chi connectivity index (χ1) is 11.1. The average molecular weight is 312 g/mol. The molecule has 0 bridgehead atoms. The number of hydrogen-bond donors (Lipinski definition) is 2. The maximum Gasteiger partial charge on any atom is 0.337 e. The molecule has 2 aromatic carbocycles. The Morgan fingerprint density at radius 3 is 2.48 bits per heavy atom. The number of benzene rings is 2. The second-order valence-corrected chi connectivity index (χ2v) is 5.21. The summed E-state index contributed by atoms with van der Waals surface area (Å²) in [7, 11) is 1.33. The summed E-state index contributed by atoms with van der Waals surface area (Å²) in [6, 6.07) is 14.7. The lowest BCUT2D eigenvalue weighted by atomic mass is 10.1. The predicted molar refractivity (Wildman–Crippen MR) is 89.3 cm³/mol. The summed E-state index contributed by atoms with van der Waals surface area (Å²) < 4.78 is 4.62. The Bertz CT molecular complexity index is 681. The molecule has 0 saturated carbocycles. The highest BCUT2D eigenvalue weighted by Crippen LogP contribution is 2.10. The number of amides is 1. The van der Waals surface area contributed by atoms with Gasteiger partial charge in [-0.3, -0.25) is 4.79 Å². The SMILES string of the molecule is COC(=O)c1ccc(NC(=O)CNCc2cccc(C)c2)cc1. The van der Waals surface area contributed by atoms with Crippen molar-refractivity contribution in [2.24, 2.45) is 0 Å². The fraction of sp³-hybridized carbons (Fsp3) is 0.222. The van der Waals surface area contributed by atoms with Gasteiger partial charge in [0.1, 0.15) is 0 Å². The van der Waals surface area contributed by atoms with Crippen LogP contribution in [0.5, 0.6) is 0 Å². The zero-order valence-corrected chi connectivity index (χ0v) is 13.3. The number of carbonyl (C=O) groups is 2. The van der Waals surface area contributed by atoms with Gasteiger partial charge in [0.05, 0.1) is 19.2 Å². The van der Waals surface area contributed by atoms with E-state index in [1.54, 1.807) is 24.3 Å². The Kier molecular flexibility index (Phi) is 5.88. The second-order valence-electron chi connectivity index (χ2n) is 5.21. The molecule has 1 amide bonds. The average Bonchev–Trinajstić information content (AvgIpc) is 2.55. The third-order valence-electron chi connectivity index (χ3n) is 3.29. The molecule has 23 heavy (non-hydrogen) atoms. The van der Waals surface area contributed by atoms with Crippen LogP contribution < -0.4 is 10.6 Å². The molecule has 0 aliphatic rings. The standard InChI is InChI=1S/C18H20N2O3/c1-13-4-3-5-14(10-13)11-19-12-17(21)20-16-8-6-15(7-9-16)18(22)23-2/h3-10,19H,11-12H2,1-2H3,(H,20,21). The first kappa shape index (κ1) is 16.7. The molecular formula is C18H20N2O3. The molecule has 0 aliphatic heterocycles. The fourth-order valence-electron chi connectivity index (χ4n) is 2.16. The molecule has 0 heterocycles. The van der Waals surface area contributed by atoms with Crippen molar-refractivity contribution in [3.63, 3.8) is 0 Å². The first-order valence-electron chi connectivity index (χ1n) is 7.33. The van der Waals surface area contributed by atoms with Gasteiger partial charge in [0.15, 0.2) is 0 Å². The minimum Gasteiger partial charge on any atom is -0.465 e. The lowest BCUT2D eigenvalue weighted by molar-refractivity contribution is -0.115. The number of ether oxygens (including phenoxy) is 1. The molecule has 0 fully saturated rings. The molecule has 0 unspecified atom stereocenters. The van der Waals surface area contributed by atoms with Crippen LogP contribution in [0.2, 0.25) is 0 Å². The van der Waals surface area contributed by atoms with Crippen LogP contribution in [0.4, 0.5) is 5.69 Å². The summed E-state index contributed by atoms with van der Waals surface area (Å²) in [5.74, 6) is -0.536. The van der Waals surface area contributed by atoms with Crippen molar-refractivity contribution in [2.45, 2.75) is 13.5 Å². The van der Waals surface area contributed by atoms with E-state index in [9.17, 15) is 9.59 Å². The summed E-state index contributed by atoms with van der Waals surface area (Å²) in [6.07, 6.45) is 0. The van der Waals surface area contributed by atoms with Crippen LogP contribution in [0.15, 0.2) is 48.5 Å². The third kappa shape index (κ3) is 5.23. The van der Waals surface area contributed by atoms with Crippen LogP contribution in [0.1, 0.15) is 21.5 Å². The largest absolute Gasteiger partial charge is 0.465 e. The summed E-state index contributed by atoms with van der Waals surface area (Å²) in [6.45, 7) is 2.89. The van der Waals surface area contributed by atoms with Gasteiger partial charge in [-0.25, -0.2) is 4.79 Å². The van der Waals surface area contributed by atoms with E-state index < -0.39 is 5.97 Å². The zero-order chi connectivity index (χ0) is 16.7. The maximum absolute atomic E-state index is 11.9. The lowest BCUT2D eigenvalue weighted by Crippen LogP contribution is -2.27. The van der Waals surface area contributed by atoms with Gasteiger partial charge in [0.2, 0.25) is 5.91 Å². The minimum absolute atomic E-state index is 0.136. The number of rotatable bonds is 6. The van der Waals surface area contributed by atoms with Crippen LogP contribution in [0, 0.1) is 6.92 Å². The van der Waals surface area contributed by atoms with E-state index in [1.807, 2.05) is 25.1 Å². The molecule has 0 aromatic heterocycles. The third-order valence-corrected chi connectivity index (χ3v) is 3.29. The number of nitrogens with one attached hydrogen (secondary N) is 2. The highest BCUT2D eigenvalue weighted by molar-refractivity contribution is 5.93. The van der Waals surface area contributed by atoms with E-state index in [1.165, 1.54) is 12.7 Å². The predicted octanol–water partition coefficient (Wildman–Crippen LogP) is 2.51. The molecule has 2 aromatic rings. The van der Waals surface area contributed by atoms with Crippen molar-refractivity contribution in [1.29, 1.82) is 0 Å². The van der Waals surface area contributed by atoms with Gasteiger partial charge in [-0.1, -0.05) is 29.8 Å². The monoisotopic (exact) mass is 312 g/mol. The molecule has 0 atom stereocenters. The summed E-state index contributed by atoms with van der Waals surface area (Å²) in [5.41, 5.74) is 3.42. The first-order valence-corrected chi connectivity index (χ1v) is 7.33. The second kappa shape index (κ2) is 8.10.